The lowest BCUT2D eigenvalue weighted by Crippen LogP contribution is -2.32. The highest BCUT2D eigenvalue weighted by Crippen LogP contribution is 2.38. The van der Waals surface area contributed by atoms with E-state index in [-0.39, 0.29) is 18.1 Å². The molecule has 0 bridgehead atoms. The first-order chi connectivity index (χ1) is 9.96. The van der Waals surface area contributed by atoms with Crippen LogP contribution in [0.5, 0.6) is 0 Å². The molecule has 1 atom stereocenters. The number of hydrogen-bond acceptors (Lipinski definition) is 1. The molecule has 1 unspecified atom stereocenters. The van der Waals surface area contributed by atoms with E-state index >= 15 is 0 Å². The molecule has 0 saturated carbocycles. The van der Waals surface area contributed by atoms with E-state index in [2.05, 4.69) is 10.3 Å². The summed E-state index contributed by atoms with van der Waals surface area (Å²) in [5, 5.41) is 2.26. The van der Waals surface area contributed by atoms with Gasteiger partial charge in [-0.1, -0.05) is 0 Å². The second-order valence-electron chi connectivity index (χ2n) is 4.89. The van der Waals surface area contributed by atoms with Crippen LogP contribution in [0.1, 0.15) is 36.1 Å². The highest BCUT2D eigenvalue weighted by atomic mass is 19.4. The molecule has 2 rings (SSSR count). The number of nitrogens with zero attached hydrogens (tertiary/aromatic N) is 1. The fraction of sp³-hybridized carbons (Fsp3) is 0.385. The largest absolute Gasteiger partial charge is 0.416 e. The van der Waals surface area contributed by atoms with E-state index in [0.717, 1.165) is 0 Å². The summed E-state index contributed by atoms with van der Waals surface area (Å²) in [6.45, 7) is 1.48. The molecule has 0 radical (unpaired) electrons. The number of alkyl halides is 6. The van der Waals surface area contributed by atoms with Crippen molar-refractivity contribution in [3.8, 4) is 0 Å². The van der Waals surface area contributed by atoms with Crippen LogP contribution in [0.2, 0.25) is 0 Å². The first-order valence-electron chi connectivity index (χ1n) is 6.11. The Hall–Kier alpha value is -2.06. The molecule has 1 aliphatic rings. The zero-order valence-electron chi connectivity index (χ0n) is 11.1. The van der Waals surface area contributed by atoms with Gasteiger partial charge in [-0.25, -0.2) is 9.79 Å². The maximum atomic E-state index is 12.8. The number of amides is 2. The highest BCUT2D eigenvalue weighted by molar-refractivity contribution is 5.96. The Balaban J connectivity index is 2.52. The molecule has 0 fully saturated rings. The van der Waals surface area contributed by atoms with Crippen molar-refractivity contribution >= 4 is 11.7 Å². The van der Waals surface area contributed by atoms with Crippen LogP contribution in [0.15, 0.2) is 23.2 Å². The van der Waals surface area contributed by atoms with Gasteiger partial charge < -0.3 is 5.32 Å². The zero-order valence-corrected chi connectivity index (χ0v) is 11.1. The SMILES string of the molecule is CC1=NC(=O)NC(c2cc(C(F)(F)F)cc(C(F)(F)F)c2)C1. The summed E-state index contributed by atoms with van der Waals surface area (Å²) in [6, 6.07) is -0.500. The van der Waals surface area contributed by atoms with Gasteiger partial charge >= 0.3 is 18.4 Å². The maximum Gasteiger partial charge on any atom is 0.416 e. The van der Waals surface area contributed by atoms with Crippen LogP contribution in [0.3, 0.4) is 0 Å². The number of nitrogens with one attached hydrogen (secondary N) is 1. The van der Waals surface area contributed by atoms with Crippen molar-refractivity contribution in [3.05, 3.63) is 34.9 Å². The van der Waals surface area contributed by atoms with Crippen LogP contribution in [-0.2, 0) is 12.4 Å². The van der Waals surface area contributed by atoms with Gasteiger partial charge in [-0.15, -0.1) is 0 Å². The van der Waals surface area contributed by atoms with Gasteiger partial charge in [0.25, 0.3) is 0 Å². The minimum absolute atomic E-state index is 0.0460. The third-order valence-electron chi connectivity index (χ3n) is 3.10. The van der Waals surface area contributed by atoms with Crippen molar-refractivity contribution < 1.29 is 31.1 Å². The lowest BCUT2D eigenvalue weighted by molar-refractivity contribution is -0.143. The standard InChI is InChI=1S/C13H10F6N2O/c1-6-2-10(21-11(22)20-6)7-3-8(12(14,15)16)5-9(4-7)13(17,18)19/h3-5,10H,2H2,1H3,(H,21,22). The smallest absolute Gasteiger partial charge is 0.329 e. The van der Waals surface area contributed by atoms with Crippen LogP contribution >= 0.6 is 0 Å². The fourth-order valence-corrected chi connectivity index (χ4v) is 2.13. The first kappa shape index (κ1) is 16.3. The van der Waals surface area contributed by atoms with Gasteiger partial charge in [-0.2, -0.15) is 26.3 Å². The number of hydrogen-bond donors (Lipinski definition) is 1. The van der Waals surface area contributed by atoms with Gasteiger partial charge in [0.1, 0.15) is 0 Å². The molecule has 1 heterocycles. The molecule has 9 heteroatoms. The van der Waals surface area contributed by atoms with E-state index in [9.17, 15) is 31.1 Å². The number of urea groups is 1. The summed E-state index contributed by atoms with van der Waals surface area (Å²) in [5.41, 5.74) is -2.75. The molecule has 1 N–H and O–H groups in total. The predicted molar refractivity (Wildman–Crippen MR) is 65.4 cm³/mol. The van der Waals surface area contributed by atoms with Gasteiger partial charge in [0, 0.05) is 12.1 Å². The number of halogens is 6. The number of carbonyl (C=O) groups excluding carboxylic acids is 1. The number of carbonyl (C=O) groups is 1. The fourth-order valence-electron chi connectivity index (χ4n) is 2.13. The third-order valence-corrected chi connectivity index (χ3v) is 3.10. The van der Waals surface area contributed by atoms with Gasteiger partial charge in [0.15, 0.2) is 0 Å². The predicted octanol–water partition coefficient (Wildman–Crippen LogP) is 4.34. The molecule has 0 saturated heterocycles. The van der Waals surface area contributed by atoms with Crippen molar-refractivity contribution in [2.24, 2.45) is 4.99 Å². The van der Waals surface area contributed by atoms with Crippen molar-refractivity contribution in [1.82, 2.24) is 5.32 Å². The molecular weight excluding hydrogens is 314 g/mol. The quantitative estimate of drug-likeness (QED) is 0.767. The van der Waals surface area contributed by atoms with E-state index < -0.39 is 35.6 Å². The van der Waals surface area contributed by atoms with Crippen molar-refractivity contribution in [1.29, 1.82) is 0 Å². The molecule has 3 nitrogen and oxygen atoms in total. The molecule has 0 aromatic heterocycles. The molecule has 1 aliphatic heterocycles. The Bertz CT molecular complexity index is 600. The van der Waals surface area contributed by atoms with E-state index in [1.807, 2.05) is 0 Å². The lowest BCUT2D eigenvalue weighted by atomic mass is 9.95. The third kappa shape index (κ3) is 3.58. The van der Waals surface area contributed by atoms with Crippen LogP contribution in [0.4, 0.5) is 31.1 Å². The summed E-state index contributed by atoms with van der Waals surface area (Å²) in [7, 11) is 0. The summed E-state index contributed by atoms with van der Waals surface area (Å²) >= 11 is 0. The zero-order chi connectivity index (χ0) is 16.7. The minimum atomic E-state index is -4.92. The first-order valence-corrected chi connectivity index (χ1v) is 6.11. The van der Waals surface area contributed by atoms with Crippen LogP contribution in [0.25, 0.3) is 0 Å². The average Bonchev–Trinajstić information content (AvgIpc) is 2.35. The monoisotopic (exact) mass is 324 g/mol. The minimum Gasteiger partial charge on any atom is -0.329 e. The molecule has 22 heavy (non-hydrogen) atoms. The van der Waals surface area contributed by atoms with Crippen molar-refractivity contribution in [3.63, 3.8) is 0 Å². The van der Waals surface area contributed by atoms with Gasteiger partial charge in [0.2, 0.25) is 0 Å². The lowest BCUT2D eigenvalue weighted by Gasteiger charge is -2.24. The summed E-state index contributed by atoms with van der Waals surface area (Å²) in [4.78, 5) is 14.8. The Kier molecular flexibility index (Phi) is 3.92. The number of benzene rings is 1. The van der Waals surface area contributed by atoms with Crippen LogP contribution in [-0.4, -0.2) is 11.7 Å². The Morgan fingerprint density at radius 1 is 1.05 bits per heavy atom. The second kappa shape index (κ2) is 5.29. The van der Waals surface area contributed by atoms with Gasteiger partial charge in [0.05, 0.1) is 17.2 Å². The highest BCUT2D eigenvalue weighted by Gasteiger charge is 2.38. The molecule has 1 aromatic rings. The van der Waals surface area contributed by atoms with E-state index in [0.29, 0.717) is 17.8 Å². The summed E-state index contributed by atoms with van der Waals surface area (Å²) in [6.07, 6.45) is -9.79. The van der Waals surface area contributed by atoms with Crippen molar-refractivity contribution in [2.75, 3.05) is 0 Å². The summed E-state index contributed by atoms with van der Waals surface area (Å²) < 4.78 is 76.7. The van der Waals surface area contributed by atoms with E-state index in [1.165, 1.54) is 6.92 Å². The van der Waals surface area contributed by atoms with Gasteiger partial charge in [-0.3, -0.25) is 0 Å². The second-order valence-corrected chi connectivity index (χ2v) is 4.89. The van der Waals surface area contributed by atoms with Gasteiger partial charge in [-0.05, 0) is 30.7 Å². The number of aliphatic imine (C=N–C) groups is 1. The maximum absolute atomic E-state index is 12.8. The van der Waals surface area contributed by atoms with Crippen LogP contribution < -0.4 is 5.32 Å². The normalized spacial score (nSPS) is 19.7. The van der Waals surface area contributed by atoms with E-state index in [1.54, 1.807) is 0 Å². The Morgan fingerprint density at radius 3 is 1.95 bits per heavy atom. The van der Waals surface area contributed by atoms with Crippen molar-refractivity contribution in [2.45, 2.75) is 31.7 Å². The molecule has 120 valence electrons. The summed E-state index contributed by atoms with van der Waals surface area (Å²) in [5.74, 6) is 0. The molecule has 0 aliphatic carbocycles. The molecule has 1 aromatic carbocycles. The Labute approximate surface area is 121 Å². The topological polar surface area (TPSA) is 41.5 Å². The molecule has 2 amide bonds. The Morgan fingerprint density at radius 2 is 1.55 bits per heavy atom. The van der Waals surface area contributed by atoms with E-state index in [4.69, 9.17) is 0 Å². The number of rotatable bonds is 1. The average molecular weight is 324 g/mol. The molecular formula is C13H10F6N2O. The van der Waals surface area contributed by atoms with Crippen LogP contribution in [0, 0.1) is 0 Å². The molecule has 0 spiro atoms.